The van der Waals surface area contributed by atoms with Gasteiger partial charge in [-0.05, 0) is 57.9 Å². The Morgan fingerprint density at radius 2 is 1.90 bits per heavy atom. The lowest BCUT2D eigenvalue weighted by atomic mass is 10.0. The minimum atomic E-state index is -3.42. The molecular weight excluding hydrogens is 518 g/mol. The molecule has 11 heteroatoms. The van der Waals surface area contributed by atoms with Crippen LogP contribution in [-0.2, 0) is 21.1 Å². The molecule has 0 saturated carbocycles. The first-order chi connectivity index (χ1) is 18.3. The Hall–Kier alpha value is -3.44. The average Bonchev–Trinajstić information content (AvgIpc) is 3.19. The summed E-state index contributed by atoms with van der Waals surface area (Å²) in [5, 5.41) is 14.8. The van der Waals surface area contributed by atoms with Crippen molar-refractivity contribution < 1.29 is 23.1 Å². The van der Waals surface area contributed by atoms with Crippen molar-refractivity contribution in [3.8, 4) is 0 Å². The van der Waals surface area contributed by atoms with Crippen LogP contribution in [0.1, 0.15) is 38.3 Å². The quantitative estimate of drug-likeness (QED) is 0.501. The van der Waals surface area contributed by atoms with E-state index in [4.69, 9.17) is 14.7 Å². The van der Waals surface area contributed by atoms with Gasteiger partial charge in [-0.2, -0.15) is 4.98 Å². The maximum atomic E-state index is 12.9. The van der Waals surface area contributed by atoms with E-state index in [1.54, 1.807) is 32.9 Å². The smallest absolute Gasteiger partial charge is 0.407 e. The molecule has 208 valence electrons. The maximum Gasteiger partial charge on any atom is 0.407 e. The number of nitrogens with zero attached hydrogens (tertiary/aromatic N) is 4. The van der Waals surface area contributed by atoms with Crippen LogP contribution < -0.4 is 15.1 Å². The highest BCUT2D eigenvalue weighted by molar-refractivity contribution is 7.91. The molecule has 0 aliphatic carbocycles. The number of hydrogen-bond donors (Lipinski definition) is 2. The molecule has 1 amide bonds. The summed E-state index contributed by atoms with van der Waals surface area (Å²) in [5.74, 6) is 1.08. The van der Waals surface area contributed by atoms with Crippen LogP contribution in [0.5, 0.6) is 0 Å². The fourth-order valence-corrected chi connectivity index (χ4v) is 6.56. The number of carbonyl (C=O) groups is 1. The Labute approximate surface area is 228 Å². The third kappa shape index (κ3) is 5.94. The number of aryl methyl sites for hydroxylation is 1. The zero-order valence-corrected chi connectivity index (χ0v) is 23.6. The zero-order chi connectivity index (χ0) is 28.0. The Bertz CT molecular complexity index is 1520. The van der Waals surface area contributed by atoms with Gasteiger partial charge in [0.15, 0.2) is 9.84 Å². The summed E-state index contributed by atoms with van der Waals surface area (Å²) in [6, 6.07) is 13.0. The highest BCUT2D eigenvalue weighted by Gasteiger charge is 2.38. The van der Waals surface area contributed by atoms with Gasteiger partial charge < -0.3 is 25.0 Å². The third-order valence-electron chi connectivity index (χ3n) is 6.99. The second-order valence-electron chi connectivity index (χ2n) is 11.5. The van der Waals surface area contributed by atoms with Crippen molar-refractivity contribution in [1.29, 1.82) is 0 Å². The Morgan fingerprint density at radius 1 is 1.13 bits per heavy atom. The van der Waals surface area contributed by atoms with Crippen LogP contribution in [0, 0.1) is 6.92 Å². The van der Waals surface area contributed by atoms with E-state index in [9.17, 15) is 18.3 Å². The molecule has 0 spiro atoms. The minimum Gasteiger partial charge on any atom is -0.444 e. The third-order valence-corrected chi connectivity index (χ3v) is 8.78. The van der Waals surface area contributed by atoms with E-state index < -0.39 is 27.1 Å². The highest BCUT2D eigenvalue weighted by Crippen LogP contribution is 2.34. The lowest BCUT2D eigenvalue weighted by molar-refractivity contribution is 0.0344. The van der Waals surface area contributed by atoms with Crippen LogP contribution in [0.15, 0.2) is 47.4 Å². The topological polar surface area (TPSA) is 125 Å². The molecule has 1 unspecified atom stereocenters. The Balaban J connectivity index is 1.45. The van der Waals surface area contributed by atoms with Crippen molar-refractivity contribution in [2.45, 2.75) is 56.8 Å². The van der Waals surface area contributed by atoms with Crippen LogP contribution in [0.25, 0.3) is 10.9 Å². The van der Waals surface area contributed by atoms with Crippen molar-refractivity contribution in [2.75, 3.05) is 41.7 Å². The van der Waals surface area contributed by atoms with Gasteiger partial charge in [0.05, 0.1) is 22.7 Å². The standard InChI is InChI=1S/C28H35N5O5S/c1-19-9-10-22-21(15-19)24(33-12-11-28(35,18-33)17-29-26(34)38-27(2,3)4)31-25(30-22)32-13-14-39(36,37)23-8-6-5-7-20(23)16-32/h5-10,15,35H,11-14,16-18H2,1-4H3,(H,29,34). The van der Waals surface area contributed by atoms with E-state index in [0.717, 1.165) is 16.5 Å². The second-order valence-corrected chi connectivity index (χ2v) is 13.5. The number of carbonyl (C=O) groups excluding carboxylic acids is 1. The average molecular weight is 554 g/mol. The molecule has 2 N–H and O–H groups in total. The first kappa shape index (κ1) is 27.1. The van der Waals surface area contributed by atoms with Crippen molar-refractivity contribution in [2.24, 2.45) is 0 Å². The molecule has 39 heavy (non-hydrogen) atoms. The number of rotatable bonds is 4. The maximum absolute atomic E-state index is 12.9. The fraction of sp³-hybridized carbons (Fsp3) is 0.464. The number of aromatic nitrogens is 2. The number of alkyl carbamates (subject to hydrolysis) is 1. The van der Waals surface area contributed by atoms with E-state index in [-0.39, 0.29) is 25.4 Å². The molecule has 3 heterocycles. The van der Waals surface area contributed by atoms with E-state index in [1.165, 1.54) is 0 Å². The van der Waals surface area contributed by atoms with Gasteiger partial charge in [0.1, 0.15) is 17.0 Å². The predicted octanol–water partition coefficient (Wildman–Crippen LogP) is 3.20. The van der Waals surface area contributed by atoms with Gasteiger partial charge in [-0.1, -0.05) is 29.8 Å². The molecule has 5 rings (SSSR count). The summed E-state index contributed by atoms with van der Waals surface area (Å²) in [5.41, 5.74) is 0.718. The summed E-state index contributed by atoms with van der Waals surface area (Å²) < 4.78 is 31.1. The number of hydrogen-bond acceptors (Lipinski definition) is 9. The monoisotopic (exact) mass is 553 g/mol. The number of aliphatic hydroxyl groups is 1. The number of benzene rings is 2. The van der Waals surface area contributed by atoms with Gasteiger partial charge in [-0.25, -0.2) is 18.2 Å². The lowest BCUT2D eigenvalue weighted by Gasteiger charge is -2.27. The van der Waals surface area contributed by atoms with E-state index in [2.05, 4.69) is 5.32 Å². The molecule has 10 nitrogen and oxygen atoms in total. The van der Waals surface area contributed by atoms with Crippen molar-refractivity contribution in [1.82, 2.24) is 15.3 Å². The number of amides is 1. The Morgan fingerprint density at radius 3 is 2.67 bits per heavy atom. The SMILES string of the molecule is Cc1ccc2nc(N3CCS(=O)(=O)c4ccccc4C3)nc(N3CCC(O)(CNC(=O)OC(C)(C)C)C3)c2c1. The van der Waals surface area contributed by atoms with E-state index in [0.29, 0.717) is 41.7 Å². The van der Waals surface area contributed by atoms with Crippen LogP contribution >= 0.6 is 0 Å². The number of β-amino-alcohol motifs (C(OH)–C–C–N with tert-alkyl or cyclic N) is 1. The first-order valence-corrected chi connectivity index (χ1v) is 14.8. The number of sulfone groups is 1. The molecule has 1 fully saturated rings. The summed E-state index contributed by atoms with van der Waals surface area (Å²) in [4.78, 5) is 26.2. The highest BCUT2D eigenvalue weighted by atomic mass is 32.2. The summed E-state index contributed by atoms with van der Waals surface area (Å²) in [6.45, 7) is 8.84. The molecule has 0 bridgehead atoms. The number of anilines is 2. The van der Waals surface area contributed by atoms with Gasteiger partial charge in [0, 0.05) is 31.6 Å². The van der Waals surface area contributed by atoms with Crippen LogP contribution in [-0.4, -0.2) is 72.7 Å². The molecule has 3 aromatic rings. The van der Waals surface area contributed by atoms with Gasteiger partial charge in [-0.15, -0.1) is 0 Å². The predicted molar refractivity (Wildman–Crippen MR) is 150 cm³/mol. The molecule has 2 aliphatic heterocycles. The van der Waals surface area contributed by atoms with Gasteiger partial charge in [-0.3, -0.25) is 0 Å². The molecule has 1 atom stereocenters. The lowest BCUT2D eigenvalue weighted by Crippen LogP contribution is -2.46. The number of nitrogens with one attached hydrogen (secondary N) is 1. The molecule has 2 aliphatic rings. The normalized spacial score (nSPS) is 20.9. The Kier molecular flexibility index (Phi) is 6.92. The van der Waals surface area contributed by atoms with E-state index >= 15 is 0 Å². The molecule has 1 aromatic heterocycles. The van der Waals surface area contributed by atoms with E-state index in [1.807, 2.05) is 47.1 Å². The van der Waals surface area contributed by atoms with Gasteiger partial charge in [0.25, 0.3) is 0 Å². The van der Waals surface area contributed by atoms with Crippen LogP contribution in [0.3, 0.4) is 0 Å². The number of fused-ring (bicyclic) bond motifs is 2. The van der Waals surface area contributed by atoms with Crippen LogP contribution in [0.2, 0.25) is 0 Å². The summed E-state index contributed by atoms with van der Waals surface area (Å²) >= 11 is 0. The molecule has 2 aromatic carbocycles. The second kappa shape index (κ2) is 9.95. The summed E-state index contributed by atoms with van der Waals surface area (Å²) in [6.07, 6.45) is -0.138. The fourth-order valence-electron chi connectivity index (χ4n) is 5.06. The van der Waals surface area contributed by atoms with Crippen molar-refractivity contribution in [3.05, 3.63) is 53.6 Å². The molecule has 0 radical (unpaired) electrons. The largest absolute Gasteiger partial charge is 0.444 e. The number of ether oxygens (including phenoxy) is 1. The molecule has 1 saturated heterocycles. The minimum absolute atomic E-state index is 0.0333. The van der Waals surface area contributed by atoms with Crippen molar-refractivity contribution >= 4 is 38.6 Å². The summed E-state index contributed by atoms with van der Waals surface area (Å²) in [7, 11) is -3.42. The van der Waals surface area contributed by atoms with Gasteiger partial charge >= 0.3 is 6.09 Å². The van der Waals surface area contributed by atoms with Crippen LogP contribution in [0.4, 0.5) is 16.6 Å². The first-order valence-electron chi connectivity index (χ1n) is 13.1. The molecular formula is C28H35N5O5S. The van der Waals surface area contributed by atoms with Gasteiger partial charge in [0.2, 0.25) is 5.95 Å². The van der Waals surface area contributed by atoms with Crippen molar-refractivity contribution in [3.63, 3.8) is 0 Å². The zero-order valence-electron chi connectivity index (χ0n) is 22.8.